The van der Waals surface area contributed by atoms with E-state index < -0.39 is 7.05 Å². The van der Waals surface area contributed by atoms with Gasteiger partial charge in [0.05, 0.1) is 12.7 Å². The zero-order valence-corrected chi connectivity index (χ0v) is 20.6. The summed E-state index contributed by atoms with van der Waals surface area (Å²) in [7, 11) is -2.43. The third kappa shape index (κ3) is 4.94. The van der Waals surface area contributed by atoms with Gasteiger partial charge in [-0.3, -0.25) is 0 Å². The van der Waals surface area contributed by atoms with Crippen LogP contribution in [0.5, 0.6) is 0 Å². The van der Waals surface area contributed by atoms with Crippen LogP contribution in [0.1, 0.15) is 11.1 Å². The van der Waals surface area contributed by atoms with Crippen LogP contribution in [0.15, 0.2) is 155 Å². The van der Waals surface area contributed by atoms with Crippen molar-refractivity contribution in [2.45, 2.75) is 6.92 Å². The molecule has 0 unspecified atom stereocenters. The van der Waals surface area contributed by atoms with E-state index in [0.29, 0.717) is 0 Å². The molecule has 3 heteroatoms. The highest BCUT2D eigenvalue weighted by Gasteiger charge is 2.28. The maximum atomic E-state index is 5.67. The zero-order chi connectivity index (χ0) is 23.9. The van der Waals surface area contributed by atoms with Gasteiger partial charge in [-0.15, -0.1) is 0 Å². The summed E-state index contributed by atoms with van der Waals surface area (Å²) in [6.45, 7) is 2.09. The average Bonchev–Trinajstić information content (AvgIpc) is 2.94. The normalized spacial score (nSPS) is 11.7. The van der Waals surface area contributed by atoms with Crippen LogP contribution in [0.2, 0.25) is 0 Å². The van der Waals surface area contributed by atoms with Crippen LogP contribution in [0.3, 0.4) is 0 Å². The van der Waals surface area contributed by atoms with E-state index in [0.717, 1.165) is 17.1 Å². The van der Waals surface area contributed by atoms with Crippen LogP contribution in [0.4, 0.5) is 5.69 Å². The lowest BCUT2D eigenvalue weighted by Gasteiger charge is -2.27. The van der Waals surface area contributed by atoms with Crippen molar-refractivity contribution in [3.8, 4) is 0 Å². The third-order valence-electron chi connectivity index (χ3n) is 5.94. The summed E-state index contributed by atoms with van der Waals surface area (Å²) in [6, 6.07) is 50.6. The van der Waals surface area contributed by atoms with E-state index in [2.05, 4.69) is 134 Å². The molecule has 0 aromatic heterocycles. The highest BCUT2D eigenvalue weighted by atomic mass is 31.2. The number of aliphatic imine (C=N–C) groups is 1. The highest BCUT2D eigenvalue weighted by molar-refractivity contribution is 7.87. The van der Waals surface area contributed by atoms with Crippen LogP contribution in [-0.4, -0.2) is 5.84 Å². The first-order valence-electron chi connectivity index (χ1n) is 11.8. The largest absolute Gasteiger partial charge is 0.234 e. The summed E-state index contributed by atoms with van der Waals surface area (Å²) >= 11 is 0. The summed E-state index contributed by atoms with van der Waals surface area (Å²) < 4.78 is 5.67. The second kappa shape index (κ2) is 10.5. The van der Waals surface area contributed by atoms with E-state index in [1.807, 2.05) is 18.2 Å². The number of rotatable bonds is 5. The van der Waals surface area contributed by atoms with Gasteiger partial charge in [-0.05, 0) is 19.1 Å². The van der Waals surface area contributed by atoms with Crippen molar-refractivity contribution >= 4 is 34.5 Å². The number of nitrogens with zero attached hydrogens (tertiary/aromatic N) is 2. The van der Waals surface area contributed by atoms with E-state index >= 15 is 0 Å². The Balaban J connectivity index is 1.89. The molecule has 0 saturated carbocycles. The molecule has 0 N–H and O–H groups in total. The van der Waals surface area contributed by atoms with Gasteiger partial charge in [0.15, 0.2) is 5.84 Å². The third-order valence-corrected chi connectivity index (χ3v) is 9.56. The molecule has 0 fully saturated rings. The van der Waals surface area contributed by atoms with E-state index in [4.69, 9.17) is 9.74 Å². The van der Waals surface area contributed by atoms with Crippen LogP contribution in [0.25, 0.3) is 0 Å². The van der Waals surface area contributed by atoms with Crippen LogP contribution in [0, 0.1) is 6.92 Å². The van der Waals surface area contributed by atoms with Gasteiger partial charge in [0.25, 0.3) is 0 Å². The molecule has 0 aliphatic rings. The van der Waals surface area contributed by atoms with Gasteiger partial charge < -0.3 is 0 Å². The fourth-order valence-electron chi connectivity index (χ4n) is 4.17. The Bertz CT molecular complexity index is 1360. The van der Waals surface area contributed by atoms with Crippen molar-refractivity contribution in [3.63, 3.8) is 0 Å². The van der Waals surface area contributed by atoms with Crippen molar-refractivity contribution in [2.75, 3.05) is 0 Å². The molecule has 5 aromatic rings. The molecule has 0 aliphatic heterocycles. The Kier molecular flexibility index (Phi) is 6.84. The van der Waals surface area contributed by atoms with Gasteiger partial charge in [-0.2, -0.15) is 0 Å². The van der Waals surface area contributed by atoms with Crippen LogP contribution >= 0.6 is 7.05 Å². The first-order chi connectivity index (χ1) is 17.3. The smallest absolute Gasteiger partial charge is 0.159 e. The maximum absolute atomic E-state index is 5.67. The molecule has 170 valence electrons. The van der Waals surface area contributed by atoms with Gasteiger partial charge in [-0.1, -0.05) is 139 Å². The monoisotopic (exact) mass is 470 g/mol. The Hall–Kier alpha value is -4.00. The first-order valence-corrected chi connectivity index (χ1v) is 13.5. The van der Waals surface area contributed by atoms with Gasteiger partial charge in [-0.25, -0.2) is 9.74 Å². The molecule has 0 saturated heterocycles. The Morgan fingerprint density at radius 2 is 0.886 bits per heavy atom. The molecule has 0 spiro atoms. The lowest BCUT2D eigenvalue weighted by molar-refractivity contribution is 1.41. The second-order valence-electron chi connectivity index (χ2n) is 8.38. The van der Waals surface area contributed by atoms with E-state index in [1.165, 1.54) is 21.5 Å². The minimum Gasteiger partial charge on any atom is -0.234 e. The van der Waals surface area contributed by atoms with Crippen LogP contribution < -0.4 is 15.9 Å². The lowest BCUT2D eigenvalue weighted by atomic mass is 10.2. The molecule has 0 bridgehead atoms. The summed E-state index contributed by atoms with van der Waals surface area (Å²) in [5, 5.41) is 3.60. The minimum absolute atomic E-state index is 0.736. The molecule has 5 rings (SSSR count). The quantitative estimate of drug-likeness (QED) is 0.147. The molecular weight excluding hydrogens is 443 g/mol. The SMILES string of the molecule is Cc1ccc(N=C(N=P(c2ccccc2)(c2ccccc2)c2ccccc2)c2ccccc2)cc1. The molecule has 0 aliphatic carbocycles. The molecule has 5 aromatic carbocycles. The predicted molar refractivity (Wildman–Crippen MR) is 151 cm³/mol. The number of aryl methyl sites for hydroxylation is 1. The number of hydrogen-bond acceptors (Lipinski definition) is 1. The fraction of sp³-hybridized carbons (Fsp3) is 0.0312. The minimum atomic E-state index is -2.43. The zero-order valence-electron chi connectivity index (χ0n) is 19.7. The summed E-state index contributed by atoms with van der Waals surface area (Å²) in [4.78, 5) is 5.11. The van der Waals surface area contributed by atoms with E-state index in [9.17, 15) is 0 Å². The van der Waals surface area contributed by atoms with Gasteiger partial charge >= 0.3 is 0 Å². The Morgan fingerprint density at radius 1 is 0.486 bits per heavy atom. The van der Waals surface area contributed by atoms with E-state index in [-0.39, 0.29) is 0 Å². The number of amidine groups is 1. The summed E-state index contributed by atoms with van der Waals surface area (Å²) in [5.41, 5.74) is 3.10. The maximum Gasteiger partial charge on any atom is 0.159 e. The Morgan fingerprint density at radius 3 is 1.31 bits per heavy atom. The molecule has 0 heterocycles. The fourth-order valence-corrected chi connectivity index (χ4v) is 7.66. The molecular formula is C32H27N2P. The van der Waals surface area contributed by atoms with Crippen molar-refractivity contribution in [2.24, 2.45) is 9.74 Å². The average molecular weight is 471 g/mol. The van der Waals surface area contributed by atoms with Crippen molar-refractivity contribution in [1.82, 2.24) is 0 Å². The second-order valence-corrected chi connectivity index (χ2v) is 11.4. The standard InChI is InChI=1S/C32H27N2P/c1-26-22-24-28(25-23-26)33-32(27-14-6-2-7-15-27)34-35(29-16-8-3-9-17-29,30-18-10-4-11-19-30)31-20-12-5-13-21-31/h2-25H,1H3. The molecule has 35 heavy (non-hydrogen) atoms. The van der Waals surface area contributed by atoms with Gasteiger partial charge in [0, 0.05) is 21.5 Å². The number of benzene rings is 5. The van der Waals surface area contributed by atoms with Crippen molar-refractivity contribution in [3.05, 3.63) is 157 Å². The topological polar surface area (TPSA) is 24.7 Å². The molecule has 2 nitrogen and oxygen atoms in total. The van der Waals surface area contributed by atoms with Crippen LogP contribution in [-0.2, 0) is 0 Å². The Labute approximate surface area is 207 Å². The van der Waals surface area contributed by atoms with Gasteiger partial charge in [0.2, 0.25) is 0 Å². The molecule has 0 radical (unpaired) electrons. The lowest BCUT2D eigenvalue weighted by Crippen LogP contribution is -2.26. The first kappa shape index (κ1) is 22.8. The van der Waals surface area contributed by atoms with Crippen molar-refractivity contribution < 1.29 is 0 Å². The highest BCUT2D eigenvalue weighted by Crippen LogP contribution is 2.47. The summed E-state index contributed by atoms with van der Waals surface area (Å²) in [6.07, 6.45) is 0. The predicted octanol–water partition coefficient (Wildman–Crippen LogP) is 7.25. The number of hydrogen-bond donors (Lipinski definition) is 0. The van der Waals surface area contributed by atoms with Crippen molar-refractivity contribution in [1.29, 1.82) is 0 Å². The molecule has 0 atom stereocenters. The van der Waals surface area contributed by atoms with E-state index in [1.54, 1.807) is 0 Å². The summed E-state index contributed by atoms with van der Waals surface area (Å²) in [5.74, 6) is 0.736. The van der Waals surface area contributed by atoms with Gasteiger partial charge in [0.1, 0.15) is 0 Å². The molecule has 0 amide bonds.